The topological polar surface area (TPSA) is 23.8 Å². The highest BCUT2D eigenvalue weighted by Crippen LogP contribution is 2.50. The van der Waals surface area contributed by atoms with Gasteiger partial charge in [-0.15, -0.1) is 0 Å². The van der Waals surface area contributed by atoms with Gasteiger partial charge in [-0.1, -0.05) is 105 Å². The summed E-state index contributed by atoms with van der Waals surface area (Å²) in [5.74, 6) is 0. The van der Waals surface area contributed by atoms with Gasteiger partial charge in [-0.05, 0) is 47.1 Å². The predicted molar refractivity (Wildman–Crippen MR) is 116 cm³/mol. The van der Waals surface area contributed by atoms with Crippen LogP contribution in [0.5, 0.6) is 0 Å². The van der Waals surface area contributed by atoms with Crippen molar-refractivity contribution in [1.29, 1.82) is 5.26 Å². The van der Waals surface area contributed by atoms with Gasteiger partial charge in [-0.25, -0.2) is 0 Å². The molecule has 0 bridgehead atoms. The van der Waals surface area contributed by atoms with Crippen molar-refractivity contribution in [2.75, 3.05) is 0 Å². The van der Waals surface area contributed by atoms with Crippen LogP contribution in [0.1, 0.15) is 55.2 Å². The summed E-state index contributed by atoms with van der Waals surface area (Å²) < 4.78 is 0. The number of benzene rings is 3. The highest BCUT2D eigenvalue weighted by molar-refractivity contribution is 5.82. The van der Waals surface area contributed by atoms with Gasteiger partial charge >= 0.3 is 0 Å². The first-order chi connectivity index (χ1) is 13.8. The van der Waals surface area contributed by atoms with Gasteiger partial charge in [0.05, 0.1) is 6.07 Å². The molecule has 0 fully saturated rings. The van der Waals surface area contributed by atoms with Crippen molar-refractivity contribution in [1.82, 2.24) is 0 Å². The summed E-state index contributed by atoms with van der Waals surface area (Å²) in [5.41, 5.74) is 5.83. The Morgan fingerprint density at radius 1 is 0.607 bits per heavy atom. The average molecular weight is 366 g/mol. The lowest BCUT2D eigenvalue weighted by atomic mass is 9.75. The molecule has 0 unspecified atom stereocenters. The zero-order valence-electron chi connectivity index (χ0n) is 16.4. The second-order valence-electron chi connectivity index (χ2n) is 7.86. The van der Waals surface area contributed by atoms with Crippen LogP contribution in [0.25, 0.3) is 11.1 Å². The predicted octanol–water partition coefficient (Wildman–Crippen LogP) is 7.06. The molecule has 0 aliphatic heterocycles. The van der Waals surface area contributed by atoms with Crippen LogP contribution in [0.2, 0.25) is 0 Å². The third kappa shape index (κ3) is 3.48. The van der Waals surface area contributed by atoms with Crippen LogP contribution >= 0.6 is 0 Å². The van der Waals surface area contributed by atoms with Crippen LogP contribution in [0, 0.1) is 11.3 Å². The number of nitriles is 1. The first-order valence-corrected chi connectivity index (χ1v) is 10.5. The van der Waals surface area contributed by atoms with E-state index < -0.39 is 5.41 Å². The van der Waals surface area contributed by atoms with E-state index in [1.165, 1.54) is 59.9 Å². The van der Waals surface area contributed by atoms with Crippen LogP contribution in [-0.4, -0.2) is 0 Å². The SMILES string of the molecule is N#CC1(CCCCCCCc2ccccc2)c2ccccc2-c2ccccc21. The third-order valence-corrected chi connectivity index (χ3v) is 6.11. The van der Waals surface area contributed by atoms with Crippen LogP contribution in [0.15, 0.2) is 78.9 Å². The standard InChI is InChI=1S/C27H27N/c28-21-27(20-12-3-1-2-5-13-22-14-6-4-7-15-22)25-18-10-8-16-23(25)24-17-9-11-19-26(24)27/h4,6-11,14-19H,1-3,5,12-13,20H2. The maximum atomic E-state index is 10.2. The fourth-order valence-corrected chi connectivity index (χ4v) is 4.67. The number of fused-ring (bicyclic) bond motifs is 3. The van der Waals surface area contributed by atoms with Crippen molar-refractivity contribution >= 4 is 0 Å². The maximum Gasteiger partial charge on any atom is 0.108 e. The van der Waals surface area contributed by atoms with Gasteiger partial charge in [0.1, 0.15) is 5.41 Å². The summed E-state index contributed by atoms with van der Waals surface area (Å²) in [4.78, 5) is 0. The molecule has 0 amide bonds. The number of hydrogen-bond donors (Lipinski definition) is 0. The summed E-state index contributed by atoms with van der Waals surface area (Å²) in [6.07, 6.45) is 8.14. The molecule has 28 heavy (non-hydrogen) atoms. The molecule has 0 heterocycles. The summed E-state index contributed by atoms with van der Waals surface area (Å²) >= 11 is 0. The molecule has 0 atom stereocenters. The van der Waals surface area contributed by atoms with Crippen LogP contribution < -0.4 is 0 Å². The van der Waals surface area contributed by atoms with Crippen molar-refractivity contribution in [3.63, 3.8) is 0 Å². The van der Waals surface area contributed by atoms with E-state index in [-0.39, 0.29) is 0 Å². The monoisotopic (exact) mass is 365 g/mol. The summed E-state index contributed by atoms with van der Waals surface area (Å²) in [6, 6.07) is 30.4. The quantitative estimate of drug-likeness (QED) is 0.392. The number of rotatable bonds is 8. The van der Waals surface area contributed by atoms with E-state index in [0.717, 1.165) is 12.8 Å². The Hall–Kier alpha value is -2.85. The van der Waals surface area contributed by atoms with Crippen LogP contribution in [0.3, 0.4) is 0 Å². The summed E-state index contributed by atoms with van der Waals surface area (Å²) in [6.45, 7) is 0. The van der Waals surface area contributed by atoms with E-state index in [9.17, 15) is 5.26 Å². The maximum absolute atomic E-state index is 10.2. The first-order valence-electron chi connectivity index (χ1n) is 10.5. The summed E-state index contributed by atoms with van der Waals surface area (Å²) in [5, 5.41) is 10.2. The smallest absolute Gasteiger partial charge is 0.108 e. The molecular weight excluding hydrogens is 338 g/mol. The minimum Gasteiger partial charge on any atom is -0.197 e. The van der Waals surface area contributed by atoms with Crippen molar-refractivity contribution < 1.29 is 0 Å². The first kappa shape index (κ1) is 18.5. The Kier molecular flexibility index (Phi) is 5.58. The highest BCUT2D eigenvalue weighted by Gasteiger charge is 2.42. The fraction of sp³-hybridized carbons (Fsp3) is 0.296. The number of hydrogen-bond acceptors (Lipinski definition) is 1. The number of unbranched alkanes of at least 4 members (excludes halogenated alkanes) is 4. The highest BCUT2D eigenvalue weighted by atomic mass is 14.5. The minimum absolute atomic E-state index is 0.475. The zero-order valence-corrected chi connectivity index (χ0v) is 16.4. The molecule has 1 aliphatic rings. The largest absolute Gasteiger partial charge is 0.197 e. The van der Waals surface area contributed by atoms with Crippen molar-refractivity contribution in [3.05, 3.63) is 95.6 Å². The lowest BCUT2D eigenvalue weighted by Gasteiger charge is -2.24. The molecule has 140 valence electrons. The molecular formula is C27H27N. The van der Waals surface area contributed by atoms with Gasteiger partial charge in [0.15, 0.2) is 0 Å². The second kappa shape index (κ2) is 8.44. The molecule has 1 aliphatic carbocycles. The van der Waals surface area contributed by atoms with E-state index >= 15 is 0 Å². The molecule has 0 N–H and O–H groups in total. The van der Waals surface area contributed by atoms with Crippen LogP contribution in [-0.2, 0) is 11.8 Å². The Balaban J connectivity index is 1.35. The van der Waals surface area contributed by atoms with Gasteiger partial charge in [0.2, 0.25) is 0 Å². The van der Waals surface area contributed by atoms with Crippen molar-refractivity contribution in [3.8, 4) is 17.2 Å². The average Bonchev–Trinajstić information content (AvgIpc) is 3.04. The molecule has 3 aromatic carbocycles. The lowest BCUT2D eigenvalue weighted by Crippen LogP contribution is -2.22. The van der Waals surface area contributed by atoms with Crippen molar-refractivity contribution in [2.24, 2.45) is 0 Å². The van der Waals surface area contributed by atoms with E-state index in [2.05, 4.69) is 84.9 Å². The molecule has 4 rings (SSSR count). The molecule has 0 saturated carbocycles. The Morgan fingerprint density at radius 2 is 1.14 bits per heavy atom. The molecule has 1 nitrogen and oxygen atoms in total. The molecule has 0 radical (unpaired) electrons. The van der Waals surface area contributed by atoms with Crippen LogP contribution in [0.4, 0.5) is 0 Å². The van der Waals surface area contributed by atoms with E-state index in [1.807, 2.05) is 0 Å². The van der Waals surface area contributed by atoms with Gasteiger partial charge in [0, 0.05) is 0 Å². The minimum atomic E-state index is -0.475. The fourth-order valence-electron chi connectivity index (χ4n) is 4.67. The lowest BCUT2D eigenvalue weighted by molar-refractivity contribution is 0.526. The Morgan fingerprint density at radius 3 is 1.79 bits per heavy atom. The van der Waals surface area contributed by atoms with Gasteiger partial charge in [0.25, 0.3) is 0 Å². The summed E-state index contributed by atoms with van der Waals surface area (Å²) in [7, 11) is 0. The normalized spacial score (nSPS) is 13.5. The van der Waals surface area contributed by atoms with Crippen molar-refractivity contribution in [2.45, 2.75) is 50.4 Å². The molecule has 3 aromatic rings. The number of aryl methyl sites for hydroxylation is 1. The van der Waals surface area contributed by atoms with Gasteiger partial charge in [-0.2, -0.15) is 5.26 Å². The molecule has 0 spiro atoms. The van der Waals surface area contributed by atoms with E-state index in [4.69, 9.17) is 0 Å². The molecule has 0 aromatic heterocycles. The van der Waals surface area contributed by atoms with Gasteiger partial charge in [-0.3, -0.25) is 0 Å². The zero-order chi connectivity index (χ0) is 19.2. The Labute approximate surface area is 168 Å². The number of nitrogens with zero attached hydrogens (tertiary/aromatic N) is 1. The molecule has 0 saturated heterocycles. The van der Waals surface area contributed by atoms with Gasteiger partial charge < -0.3 is 0 Å². The molecule has 1 heteroatoms. The Bertz CT molecular complexity index is 919. The second-order valence-corrected chi connectivity index (χ2v) is 7.86. The van der Waals surface area contributed by atoms with E-state index in [0.29, 0.717) is 0 Å². The van der Waals surface area contributed by atoms with E-state index in [1.54, 1.807) is 0 Å². The third-order valence-electron chi connectivity index (χ3n) is 6.11.